The third-order valence-corrected chi connectivity index (χ3v) is 4.27. The van der Waals surface area contributed by atoms with E-state index in [2.05, 4.69) is 41.6 Å². The molecule has 21 heavy (non-hydrogen) atoms. The number of carbonyl (C=O) groups is 1. The first kappa shape index (κ1) is 15.7. The third kappa shape index (κ3) is 4.16. The molecular weight excluding hydrogens is 264 g/mol. The van der Waals surface area contributed by atoms with E-state index in [1.807, 2.05) is 6.07 Å². The molecule has 0 aliphatic heterocycles. The number of anilines is 1. The highest BCUT2D eigenvalue weighted by atomic mass is 16.2. The fourth-order valence-corrected chi connectivity index (χ4v) is 2.79. The number of carbonyl (C=O) groups excluding carboxylic acids is 1. The Balaban J connectivity index is 1.96. The molecule has 0 bridgehead atoms. The van der Waals surface area contributed by atoms with Crippen LogP contribution in [0.3, 0.4) is 0 Å². The van der Waals surface area contributed by atoms with Crippen LogP contribution in [-0.2, 0) is 0 Å². The molecule has 0 aromatic carbocycles. The number of rotatable bonds is 5. The Hall–Kier alpha value is -1.65. The molecule has 5 nitrogen and oxygen atoms in total. The summed E-state index contributed by atoms with van der Waals surface area (Å²) in [5.74, 6) is 0.593. The molecule has 1 aliphatic carbocycles. The van der Waals surface area contributed by atoms with Crippen molar-refractivity contribution in [3.05, 3.63) is 17.8 Å². The van der Waals surface area contributed by atoms with Crippen LogP contribution in [0, 0.1) is 5.41 Å². The number of amides is 1. The minimum absolute atomic E-state index is 0.121. The second kappa shape index (κ2) is 6.87. The van der Waals surface area contributed by atoms with Crippen molar-refractivity contribution in [2.45, 2.75) is 58.9 Å². The molecule has 0 saturated heterocycles. The lowest BCUT2D eigenvalue weighted by Crippen LogP contribution is -2.47. The van der Waals surface area contributed by atoms with Gasteiger partial charge in [0.15, 0.2) is 5.69 Å². The fraction of sp³-hybridized carbons (Fsp3) is 0.688. The summed E-state index contributed by atoms with van der Waals surface area (Å²) in [6.07, 6.45) is 5.66. The summed E-state index contributed by atoms with van der Waals surface area (Å²) < 4.78 is 0. The lowest BCUT2D eigenvalue weighted by atomic mass is 9.73. The van der Waals surface area contributed by atoms with Gasteiger partial charge in [-0.05, 0) is 36.8 Å². The van der Waals surface area contributed by atoms with Crippen molar-refractivity contribution in [2.75, 3.05) is 11.9 Å². The third-order valence-electron chi connectivity index (χ3n) is 4.27. The zero-order chi connectivity index (χ0) is 15.3. The fourth-order valence-electron chi connectivity index (χ4n) is 2.79. The average molecular weight is 290 g/mol. The largest absolute Gasteiger partial charge is 0.369 e. The predicted molar refractivity (Wildman–Crippen MR) is 84.3 cm³/mol. The van der Waals surface area contributed by atoms with E-state index in [-0.39, 0.29) is 17.4 Å². The summed E-state index contributed by atoms with van der Waals surface area (Å²) in [6, 6.07) is 3.76. The molecule has 1 atom stereocenters. The maximum absolute atomic E-state index is 12.3. The van der Waals surface area contributed by atoms with Crippen LogP contribution in [0.4, 0.5) is 5.82 Å². The van der Waals surface area contributed by atoms with Crippen molar-refractivity contribution in [2.24, 2.45) is 5.41 Å². The van der Waals surface area contributed by atoms with E-state index in [9.17, 15) is 4.79 Å². The highest BCUT2D eigenvalue weighted by Crippen LogP contribution is 2.35. The van der Waals surface area contributed by atoms with Crippen LogP contribution in [0.15, 0.2) is 12.1 Å². The topological polar surface area (TPSA) is 66.9 Å². The first-order valence-electron chi connectivity index (χ1n) is 7.91. The number of nitrogens with zero attached hydrogens (tertiary/aromatic N) is 2. The molecular formula is C16H26N4O. The van der Waals surface area contributed by atoms with Gasteiger partial charge in [0, 0.05) is 12.6 Å². The van der Waals surface area contributed by atoms with E-state index < -0.39 is 0 Å². The molecule has 1 fully saturated rings. The molecule has 5 heteroatoms. The van der Waals surface area contributed by atoms with E-state index in [1.54, 1.807) is 6.07 Å². The van der Waals surface area contributed by atoms with Gasteiger partial charge in [-0.15, -0.1) is 10.2 Å². The molecule has 1 saturated carbocycles. The van der Waals surface area contributed by atoms with Gasteiger partial charge in [0.25, 0.3) is 5.91 Å². The standard InChI is InChI=1S/C16H26N4O/c1-4-11-17-14-9-8-12(19-20-14)15(21)18-13-7-5-6-10-16(13,2)3/h8-9,13H,4-7,10-11H2,1-3H3,(H,17,20)(H,18,21). The molecule has 2 N–H and O–H groups in total. The summed E-state index contributed by atoms with van der Waals surface area (Å²) in [5, 5.41) is 14.3. The molecule has 1 aromatic heterocycles. The van der Waals surface area contributed by atoms with Crippen molar-refractivity contribution in [1.29, 1.82) is 0 Å². The van der Waals surface area contributed by atoms with Crippen molar-refractivity contribution in [3.63, 3.8) is 0 Å². The molecule has 1 amide bonds. The summed E-state index contributed by atoms with van der Waals surface area (Å²) in [5.41, 5.74) is 0.544. The molecule has 1 aliphatic rings. The van der Waals surface area contributed by atoms with E-state index >= 15 is 0 Å². The van der Waals surface area contributed by atoms with E-state index in [0.29, 0.717) is 11.5 Å². The van der Waals surface area contributed by atoms with Gasteiger partial charge in [-0.3, -0.25) is 4.79 Å². The maximum atomic E-state index is 12.3. The molecule has 2 rings (SSSR count). The number of hydrogen-bond acceptors (Lipinski definition) is 4. The number of hydrogen-bond donors (Lipinski definition) is 2. The predicted octanol–water partition coefficient (Wildman–Crippen LogP) is 3.00. The van der Waals surface area contributed by atoms with Crippen molar-refractivity contribution >= 4 is 11.7 Å². The minimum Gasteiger partial charge on any atom is -0.369 e. The van der Waals surface area contributed by atoms with Crippen molar-refractivity contribution < 1.29 is 4.79 Å². The highest BCUT2D eigenvalue weighted by Gasteiger charge is 2.33. The Labute approximate surface area is 126 Å². The molecule has 1 unspecified atom stereocenters. The highest BCUT2D eigenvalue weighted by molar-refractivity contribution is 5.92. The van der Waals surface area contributed by atoms with Crippen LogP contribution in [-0.4, -0.2) is 28.7 Å². The van der Waals surface area contributed by atoms with E-state index in [4.69, 9.17) is 0 Å². The molecule has 1 aromatic rings. The number of aromatic nitrogens is 2. The Bertz CT molecular complexity index is 470. The smallest absolute Gasteiger partial charge is 0.272 e. The van der Waals surface area contributed by atoms with Gasteiger partial charge in [0.2, 0.25) is 0 Å². The second-order valence-electron chi connectivity index (χ2n) is 6.49. The zero-order valence-corrected chi connectivity index (χ0v) is 13.3. The quantitative estimate of drug-likeness (QED) is 0.875. The molecule has 116 valence electrons. The first-order valence-corrected chi connectivity index (χ1v) is 7.91. The molecule has 0 spiro atoms. The van der Waals surface area contributed by atoms with Crippen LogP contribution < -0.4 is 10.6 Å². The lowest BCUT2D eigenvalue weighted by molar-refractivity contribution is 0.0847. The summed E-state index contributed by atoms with van der Waals surface area (Å²) in [6.45, 7) is 7.39. The van der Waals surface area contributed by atoms with Crippen LogP contribution in [0.5, 0.6) is 0 Å². The van der Waals surface area contributed by atoms with Crippen molar-refractivity contribution in [1.82, 2.24) is 15.5 Å². The number of nitrogens with one attached hydrogen (secondary N) is 2. The molecule has 0 radical (unpaired) electrons. The lowest BCUT2D eigenvalue weighted by Gasteiger charge is -2.38. The minimum atomic E-state index is -0.121. The van der Waals surface area contributed by atoms with E-state index in [0.717, 1.165) is 25.8 Å². The van der Waals surface area contributed by atoms with Gasteiger partial charge in [-0.25, -0.2) is 0 Å². The van der Waals surface area contributed by atoms with Gasteiger partial charge < -0.3 is 10.6 Å². The van der Waals surface area contributed by atoms with Crippen LogP contribution in [0.2, 0.25) is 0 Å². The van der Waals surface area contributed by atoms with Crippen LogP contribution in [0.25, 0.3) is 0 Å². The summed E-state index contributed by atoms with van der Waals surface area (Å²) in [4.78, 5) is 12.3. The Morgan fingerprint density at radius 3 is 2.76 bits per heavy atom. The first-order chi connectivity index (χ1) is 10.0. The maximum Gasteiger partial charge on any atom is 0.272 e. The second-order valence-corrected chi connectivity index (χ2v) is 6.49. The normalized spacial score (nSPS) is 20.8. The van der Waals surface area contributed by atoms with Crippen LogP contribution >= 0.6 is 0 Å². The monoisotopic (exact) mass is 290 g/mol. The average Bonchev–Trinajstić information content (AvgIpc) is 2.47. The van der Waals surface area contributed by atoms with Gasteiger partial charge >= 0.3 is 0 Å². The Kier molecular flexibility index (Phi) is 5.15. The molecule has 1 heterocycles. The Morgan fingerprint density at radius 1 is 1.33 bits per heavy atom. The van der Waals surface area contributed by atoms with Gasteiger partial charge in [0.1, 0.15) is 5.82 Å². The van der Waals surface area contributed by atoms with E-state index in [1.165, 1.54) is 12.8 Å². The van der Waals surface area contributed by atoms with Gasteiger partial charge in [-0.1, -0.05) is 33.6 Å². The SMILES string of the molecule is CCCNc1ccc(C(=O)NC2CCCCC2(C)C)nn1. The summed E-state index contributed by atoms with van der Waals surface area (Å²) >= 11 is 0. The van der Waals surface area contributed by atoms with Gasteiger partial charge in [-0.2, -0.15) is 0 Å². The van der Waals surface area contributed by atoms with Crippen molar-refractivity contribution in [3.8, 4) is 0 Å². The van der Waals surface area contributed by atoms with Crippen LogP contribution in [0.1, 0.15) is 63.4 Å². The zero-order valence-electron chi connectivity index (χ0n) is 13.3. The van der Waals surface area contributed by atoms with Gasteiger partial charge in [0.05, 0.1) is 0 Å². The summed E-state index contributed by atoms with van der Waals surface area (Å²) in [7, 11) is 0. The Morgan fingerprint density at radius 2 is 2.14 bits per heavy atom.